The predicted octanol–water partition coefficient (Wildman–Crippen LogP) is 4.71. The fraction of sp³-hybridized carbons (Fsp3) is 0.111. The van der Waals surface area contributed by atoms with Gasteiger partial charge in [0.05, 0.1) is 5.30 Å². The summed E-state index contributed by atoms with van der Waals surface area (Å²) in [7, 11) is -3.16. The molecule has 2 aromatic carbocycles. The van der Waals surface area contributed by atoms with E-state index in [2.05, 4.69) is 17.2 Å². The number of anilines is 1. The van der Waals surface area contributed by atoms with Crippen LogP contribution < -0.4 is 10.4 Å². The van der Waals surface area contributed by atoms with Gasteiger partial charge >= 0.3 is 7.52 Å². The molecule has 0 saturated heterocycles. The first kappa shape index (κ1) is 13.4. The molecule has 22 heavy (non-hydrogen) atoms. The van der Waals surface area contributed by atoms with Crippen LogP contribution in [0.5, 0.6) is 0 Å². The van der Waals surface area contributed by atoms with E-state index in [1.165, 1.54) is 0 Å². The number of allylic oxidation sites excluding steroid dienone is 4. The first-order valence-corrected chi connectivity index (χ1v) is 9.01. The van der Waals surface area contributed by atoms with Crippen LogP contribution in [0.2, 0.25) is 0 Å². The van der Waals surface area contributed by atoms with E-state index in [0.717, 1.165) is 40.7 Å². The van der Waals surface area contributed by atoms with E-state index in [1.54, 1.807) is 0 Å². The van der Waals surface area contributed by atoms with E-state index in [1.807, 2.05) is 54.6 Å². The number of rotatable bonds is 2. The molecule has 3 nitrogen and oxygen atoms in total. The lowest BCUT2D eigenvalue weighted by atomic mass is 9.98. The van der Waals surface area contributed by atoms with Gasteiger partial charge in [-0.05, 0) is 24.6 Å². The van der Waals surface area contributed by atoms with Crippen LogP contribution in [0.15, 0.2) is 72.5 Å². The molecule has 1 aliphatic carbocycles. The number of hydrogen-bond acceptors (Lipinski definition) is 2. The summed E-state index contributed by atoms with van der Waals surface area (Å²) in [6.45, 7) is 0. The fourth-order valence-corrected chi connectivity index (χ4v) is 4.95. The third-order valence-electron chi connectivity index (χ3n) is 3.92. The summed E-state index contributed by atoms with van der Waals surface area (Å²) in [4.78, 5) is 0. The van der Waals surface area contributed by atoms with Crippen LogP contribution >= 0.6 is 7.52 Å². The Morgan fingerprint density at radius 2 is 1.77 bits per heavy atom. The van der Waals surface area contributed by atoms with E-state index in [9.17, 15) is 4.57 Å². The smallest absolute Gasteiger partial charge is 0.372 e. The van der Waals surface area contributed by atoms with Crippen molar-refractivity contribution in [3.63, 3.8) is 0 Å². The van der Waals surface area contributed by atoms with Crippen molar-refractivity contribution in [2.75, 3.05) is 5.09 Å². The van der Waals surface area contributed by atoms with Crippen molar-refractivity contribution in [2.45, 2.75) is 12.8 Å². The van der Waals surface area contributed by atoms with Gasteiger partial charge in [-0.3, -0.25) is 0 Å². The molecule has 0 bridgehead atoms. The van der Waals surface area contributed by atoms with Crippen molar-refractivity contribution in [1.82, 2.24) is 0 Å². The molecule has 0 radical (unpaired) electrons. The molecular weight excluding hydrogens is 293 g/mol. The monoisotopic (exact) mass is 309 g/mol. The Morgan fingerprint density at radius 3 is 2.64 bits per heavy atom. The predicted molar refractivity (Wildman–Crippen MR) is 90.1 cm³/mol. The maximum absolute atomic E-state index is 13.5. The Bertz CT molecular complexity index is 824. The van der Waals surface area contributed by atoms with Crippen LogP contribution in [0, 0.1) is 0 Å². The highest BCUT2D eigenvalue weighted by Gasteiger charge is 2.37. The van der Waals surface area contributed by atoms with Crippen LogP contribution in [0.25, 0.3) is 5.57 Å². The Morgan fingerprint density at radius 1 is 1.00 bits per heavy atom. The molecule has 2 aliphatic rings. The van der Waals surface area contributed by atoms with Gasteiger partial charge in [0.25, 0.3) is 0 Å². The van der Waals surface area contributed by atoms with Crippen LogP contribution in [0.4, 0.5) is 5.69 Å². The second kappa shape index (κ2) is 5.19. The number of fused-ring (bicyclic) bond motifs is 2. The van der Waals surface area contributed by atoms with Gasteiger partial charge in [-0.1, -0.05) is 48.6 Å². The molecule has 1 N–H and O–H groups in total. The molecule has 4 rings (SSSR count). The molecule has 0 fully saturated rings. The minimum Gasteiger partial charge on any atom is -0.430 e. The van der Waals surface area contributed by atoms with Crippen LogP contribution in [0.3, 0.4) is 0 Å². The summed E-state index contributed by atoms with van der Waals surface area (Å²) in [6, 6.07) is 17.3. The van der Waals surface area contributed by atoms with Gasteiger partial charge in [-0.25, -0.2) is 4.57 Å². The van der Waals surface area contributed by atoms with Crippen LogP contribution in [-0.4, -0.2) is 0 Å². The van der Waals surface area contributed by atoms with Gasteiger partial charge in [0, 0.05) is 23.2 Å². The maximum atomic E-state index is 13.5. The normalized spacial score (nSPS) is 22.5. The highest BCUT2D eigenvalue weighted by molar-refractivity contribution is 7.68. The summed E-state index contributed by atoms with van der Waals surface area (Å²) >= 11 is 0. The second-order valence-corrected chi connectivity index (χ2v) is 7.41. The van der Waals surface area contributed by atoms with Gasteiger partial charge in [-0.2, -0.15) is 0 Å². The van der Waals surface area contributed by atoms with Crippen molar-refractivity contribution in [1.29, 1.82) is 0 Å². The van der Waals surface area contributed by atoms with E-state index < -0.39 is 7.52 Å². The Hall–Kier alpha value is -2.25. The molecular formula is C18H16NO2P. The second-order valence-electron chi connectivity index (χ2n) is 5.42. The molecule has 0 saturated carbocycles. The van der Waals surface area contributed by atoms with Crippen molar-refractivity contribution in [3.8, 4) is 0 Å². The number of para-hydroxylation sites is 1. The zero-order chi connectivity index (χ0) is 15.0. The topological polar surface area (TPSA) is 38.3 Å². The van der Waals surface area contributed by atoms with Crippen LogP contribution in [-0.2, 0) is 9.09 Å². The lowest BCUT2D eigenvalue weighted by Gasteiger charge is -2.31. The molecule has 0 aromatic heterocycles. The van der Waals surface area contributed by atoms with Gasteiger partial charge in [0.1, 0.15) is 5.76 Å². The van der Waals surface area contributed by atoms with Gasteiger partial charge in [0.15, 0.2) is 0 Å². The minimum atomic E-state index is -3.16. The summed E-state index contributed by atoms with van der Waals surface area (Å²) in [5, 5.41) is 3.86. The van der Waals surface area contributed by atoms with Gasteiger partial charge in [-0.15, -0.1) is 0 Å². The molecule has 2 aromatic rings. The molecule has 4 heteroatoms. The third kappa shape index (κ3) is 2.18. The minimum absolute atomic E-state index is 0.740. The lowest BCUT2D eigenvalue weighted by Crippen LogP contribution is -2.23. The quantitative estimate of drug-likeness (QED) is 0.817. The molecule has 1 atom stereocenters. The Balaban J connectivity index is 1.83. The molecule has 1 heterocycles. The Kier molecular flexibility index (Phi) is 3.16. The largest absolute Gasteiger partial charge is 0.430 e. The summed E-state index contributed by atoms with van der Waals surface area (Å²) in [5.74, 6) is 0.827. The molecule has 0 spiro atoms. The fourth-order valence-electron chi connectivity index (χ4n) is 2.91. The van der Waals surface area contributed by atoms with Crippen LogP contribution in [0.1, 0.15) is 18.4 Å². The standard InChI is InChI=1S/C18H16NO2P/c20-22(19-14-8-2-1-3-9-14)18-13-7-5-11-16(18)15-10-4-6-12-17(15)21-22/h1-5,7-11,13H,6,12H2,(H,19,20). The molecule has 1 aliphatic heterocycles. The van der Waals surface area contributed by atoms with Crippen molar-refractivity contribution in [3.05, 3.63) is 78.1 Å². The number of nitrogens with one attached hydrogen (secondary N) is 1. The summed E-state index contributed by atoms with van der Waals surface area (Å²) in [5.41, 5.74) is 2.87. The summed E-state index contributed by atoms with van der Waals surface area (Å²) in [6.07, 6.45) is 5.93. The maximum Gasteiger partial charge on any atom is 0.372 e. The van der Waals surface area contributed by atoms with Crippen molar-refractivity contribution < 1.29 is 9.09 Å². The average Bonchev–Trinajstić information content (AvgIpc) is 2.56. The van der Waals surface area contributed by atoms with Crippen molar-refractivity contribution >= 4 is 24.1 Å². The highest BCUT2D eigenvalue weighted by Crippen LogP contribution is 2.54. The molecule has 0 amide bonds. The molecule has 1 unspecified atom stereocenters. The SMILES string of the molecule is O=P1(Nc2ccccc2)OC2=C(C=CCC2)c2ccccc21. The average molecular weight is 309 g/mol. The number of benzene rings is 2. The Labute approximate surface area is 129 Å². The van der Waals surface area contributed by atoms with E-state index >= 15 is 0 Å². The highest BCUT2D eigenvalue weighted by atomic mass is 31.2. The van der Waals surface area contributed by atoms with E-state index in [0.29, 0.717) is 0 Å². The zero-order valence-electron chi connectivity index (χ0n) is 12.0. The first-order chi connectivity index (χ1) is 10.8. The first-order valence-electron chi connectivity index (χ1n) is 7.39. The molecule has 110 valence electrons. The van der Waals surface area contributed by atoms with E-state index in [4.69, 9.17) is 4.52 Å². The lowest BCUT2D eigenvalue weighted by molar-refractivity contribution is 0.399. The van der Waals surface area contributed by atoms with Gasteiger partial charge in [0.2, 0.25) is 0 Å². The number of hydrogen-bond donors (Lipinski definition) is 1. The summed E-state index contributed by atoms with van der Waals surface area (Å²) < 4.78 is 19.5. The zero-order valence-corrected chi connectivity index (χ0v) is 12.9. The van der Waals surface area contributed by atoms with Crippen molar-refractivity contribution in [2.24, 2.45) is 0 Å². The van der Waals surface area contributed by atoms with Gasteiger partial charge < -0.3 is 9.61 Å². The third-order valence-corrected chi connectivity index (χ3v) is 5.98. The van der Waals surface area contributed by atoms with E-state index in [-0.39, 0.29) is 0 Å².